The van der Waals surface area contributed by atoms with Gasteiger partial charge < -0.3 is 14.4 Å². The molecule has 2 aromatic carbocycles. The van der Waals surface area contributed by atoms with Crippen molar-refractivity contribution in [3.05, 3.63) is 65.7 Å². The summed E-state index contributed by atoms with van der Waals surface area (Å²) in [6, 6.07) is 16.6. The zero-order valence-corrected chi connectivity index (χ0v) is 13.0. The molecular weight excluding hydrogens is 278 g/mol. The summed E-state index contributed by atoms with van der Waals surface area (Å²) in [4.78, 5) is 14.0. The van der Waals surface area contributed by atoms with Crippen LogP contribution in [0.5, 0.6) is 5.75 Å². The van der Waals surface area contributed by atoms with Gasteiger partial charge in [0, 0.05) is 6.54 Å². The van der Waals surface area contributed by atoms with Crippen LogP contribution < -0.4 is 4.74 Å². The van der Waals surface area contributed by atoms with E-state index in [0.717, 1.165) is 17.9 Å². The summed E-state index contributed by atoms with van der Waals surface area (Å²) in [6.07, 6.45) is 0. The van der Waals surface area contributed by atoms with E-state index in [1.807, 2.05) is 44.4 Å². The van der Waals surface area contributed by atoms with Gasteiger partial charge in [0.15, 0.2) is 0 Å². The molecule has 0 fully saturated rings. The molecule has 22 heavy (non-hydrogen) atoms. The maximum atomic E-state index is 12.0. The number of ether oxygens (including phenoxy) is 2. The number of hydrogen-bond donors (Lipinski definition) is 0. The summed E-state index contributed by atoms with van der Waals surface area (Å²) in [6.45, 7) is 1.74. The number of carbonyl (C=O) groups excluding carboxylic acids is 1. The van der Waals surface area contributed by atoms with Crippen LogP contribution in [-0.2, 0) is 11.3 Å². The molecule has 0 atom stereocenters. The summed E-state index contributed by atoms with van der Waals surface area (Å²) >= 11 is 0. The molecule has 0 aliphatic carbocycles. The number of benzene rings is 2. The molecule has 116 valence electrons. The van der Waals surface area contributed by atoms with E-state index in [-0.39, 0.29) is 12.6 Å². The molecule has 0 bridgehead atoms. The van der Waals surface area contributed by atoms with Crippen molar-refractivity contribution in [1.29, 1.82) is 0 Å². The van der Waals surface area contributed by atoms with Crippen molar-refractivity contribution < 1.29 is 14.3 Å². The molecule has 0 saturated heterocycles. The van der Waals surface area contributed by atoms with Gasteiger partial charge in [-0.05, 0) is 43.9 Å². The first kappa shape index (κ1) is 16.0. The first-order chi connectivity index (χ1) is 10.6. The average Bonchev–Trinajstić information content (AvgIpc) is 2.54. The maximum absolute atomic E-state index is 12.0. The van der Waals surface area contributed by atoms with E-state index in [1.165, 1.54) is 0 Å². The number of esters is 1. The second kappa shape index (κ2) is 8.20. The highest BCUT2D eigenvalue weighted by Crippen LogP contribution is 2.13. The van der Waals surface area contributed by atoms with E-state index in [0.29, 0.717) is 12.2 Å². The second-order valence-electron chi connectivity index (χ2n) is 5.24. The van der Waals surface area contributed by atoms with Crippen LogP contribution in [0, 0.1) is 0 Å². The lowest BCUT2D eigenvalue weighted by Crippen LogP contribution is -2.19. The van der Waals surface area contributed by atoms with Gasteiger partial charge in [-0.3, -0.25) is 0 Å². The first-order valence-corrected chi connectivity index (χ1v) is 7.24. The Kier molecular flexibility index (Phi) is 5.98. The Morgan fingerprint density at radius 3 is 2.32 bits per heavy atom. The van der Waals surface area contributed by atoms with E-state index >= 15 is 0 Å². The highest BCUT2D eigenvalue weighted by molar-refractivity contribution is 5.89. The Bertz CT molecular complexity index is 579. The minimum Gasteiger partial charge on any atom is -0.492 e. The van der Waals surface area contributed by atoms with E-state index < -0.39 is 0 Å². The lowest BCUT2D eigenvalue weighted by Gasteiger charge is -2.11. The van der Waals surface area contributed by atoms with Gasteiger partial charge in [0.05, 0.1) is 5.56 Å². The smallest absolute Gasteiger partial charge is 0.338 e. The SMILES string of the molecule is CN(C)CCOc1ccc(C(=O)OCc2ccccc2)cc1. The Labute approximate surface area is 131 Å². The Hall–Kier alpha value is -2.33. The third-order valence-corrected chi connectivity index (χ3v) is 3.11. The second-order valence-corrected chi connectivity index (χ2v) is 5.24. The van der Waals surface area contributed by atoms with Crippen LogP contribution in [0.15, 0.2) is 54.6 Å². The van der Waals surface area contributed by atoms with Gasteiger partial charge in [-0.1, -0.05) is 30.3 Å². The van der Waals surface area contributed by atoms with E-state index in [4.69, 9.17) is 9.47 Å². The van der Waals surface area contributed by atoms with Crippen LogP contribution in [0.4, 0.5) is 0 Å². The van der Waals surface area contributed by atoms with Crippen molar-refractivity contribution in [2.75, 3.05) is 27.2 Å². The van der Waals surface area contributed by atoms with E-state index in [2.05, 4.69) is 4.90 Å². The summed E-state index contributed by atoms with van der Waals surface area (Å²) in [5.74, 6) is 0.421. The minimum absolute atomic E-state index is 0.279. The average molecular weight is 299 g/mol. The largest absolute Gasteiger partial charge is 0.492 e. The van der Waals surface area contributed by atoms with Gasteiger partial charge >= 0.3 is 5.97 Å². The molecule has 4 nitrogen and oxygen atoms in total. The molecule has 0 aliphatic heterocycles. The highest BCUT2D eigenvalue weighted by atomic mass is 16.5. The molecular formula is C18H21NO3. The third-order valence-electron chi connectivity index (χ3n) is 3.11. The molecule has 0 aromatic heterocycles. The fourth-order valence-electron chi connectivity index (χ4n) is 1.84. The molecule has 2 aromatic rings. The Morgan fingerprint density at radius 2 is 1.68 bits per heavy atom. The van der Waals surface area contributed by atoms with Crippen LogP contribution in [-0.4, -0.2) is 38.1 Å². The fourth-order valence-corrected chi connectivity index (χ4v) is 1.84. The predicted molar refractivity (Wildman–Crippen MR) is 86.1 cm³/mol. The molecule has 0 aliphatic rings. The number of nitrogens with zero attached hydrogens (tertiary/aromatic N) is 1. The molecule has 0 radical (unpaired) electrons. The van der Waals surface area contributed by atoms with Crippen molar-refractivity contribution in [2.24, 2.45) is 0 Å². The van der Waals surface area contributed by atoms with Crippen molar-refractivity contribution in [1.82, 2.24) is 4.90 Å². The van der Waals surface area contributed by atoms with Crippen molar-refractivity contribution in [3.63, 3.8) is 0 Å². The summed E-state index contributed by atoms with van der Waals surface area (Å²) in [5.41, 5.74) is 1.50. The monoisotopic (exact) mass is 299 g/mol. The normalized spacial score (nSPS) is 10.5. The Morgan fingerprint density at radius 1 is 1.00 bits per heavy atom. The van der Waals surface area contributed by atoms with Crippen LogP contribution in [0.25, 0.3) is 0 Å². The van der Waals surface area contributed by atoms with Gasteiger partial charge in [0.2, 0.25) is 0 Å². The molecule has 0 spiro atoms. The number of carbonyl (C=O) groups is 1. The standard InChI is InChI=1S/C18H21NO3/c1-19(2)12-13-21-17-10-8-16(9-11-17)18(20)22-14-15-6-4-3-5-7-15/h3-11H,12-14H2,1-2H3. The van der Waals surface area contributed by atoms with Gasteiger partial charge in [-0.15, -0.1) is 0 Å². The van der Waals surface area contributed by atoms with E-state index in [9.17, 15) is 4.79 Å². The molecule has 0 heterocycles. The van der Waals surface area contributed by atoms with Gasteiger partial charge in [0.1, 0.15) is 19.0 Å². The molecule has 4 heteroatoms. The zero-order chi connectivity index (χ0) is 15.8. The van der Waals surface area contributed by atoms with Crippen LogP contribution in [0.1, 0.15) is 15.9 Å². The van der Waals surface area contributed by atoms with Crippen LogP contribution in [0.2, 0.25) is 0 Å². The fraction of sp³-hybridized carbons (Fsp3) is 0.278. The van der Waals surface area contributed by atoms with Crippen molar-refractivity contribution in [3.8, 4) is 5.75 Å². The van der Waals surface area contributed by atoms with Gasteiger partial charge in [-0.2, -0.15) is 0 Å². The zero-order valence-electron chi connectivity index (χ0n) is 13.0. The number of hydrogen-bond acceptors (Lipinski definition) is 4. The maximum Gasteiger partial charge on any atom is 0.338 e. The minimum atomic E-state index is -0.330. The lowest BCUT2D eigenvalue weighted by molar-refractivity contribution is 0.0472. The van der Waals surface area contributed by atoms with Crippen LogP contribution >= 0.6 is 0 Å². The highest BCUT2D eigenvalue weighted by Gasteiger charge is 2.07. The summed E-state index contributed by atoms with van der Waals surface area (Å²) in [7, 11) is 3.99. The third kappa shape index (κ3) is 5.22. The molecule has 0 amide bonds. The van der Waals surface area contributed by atoms with E-state index in [1.54, 1.807) is 24.3 Å². The summed E-state index contributed by atoms with van der Waals surface area (Å²) in [5, 5.41) is 0. The molecule has 0 N–H and O–H groups in total. The summed E-state index contributed by atoms with van der Waals surface area (Å²) < 4.78 is 10.9. The van der Waals surface area contributed by atoms with Crippen molar-refractivity contribution >= 4 is 5.97 Å². The number of rotatable bonds is 7. The van der Waals surface area contributed by atoms with Crippen molar-refractivity contribution in [2.45, 2.75) is 6.61 Å². The van der Waals surface area contributed by atoms with Crippen LogP contribution in [0.3, 0.4) is 0 Å². The van der Waals surface area contributed by atoms with Gasteiger partial charge in [0.25, 0.3) is 0 Å². The molecule has 0 unspecified atom stereocenters. The topological polar surface area (TPSA) is 38.8 Å². The Balaban J connectivity index is 1.83. The number of likely N-dealkylation sites (N-methyl/N-ethyl adjacent to an activating group) is 1. The molecule has 2 rings (SSSR count). The van der Waals surface area contributed by atoms with Gasteiger partial charge in [-0.25, -0.2) is 4.79 Å². The quantitative estimate of drug-likeness (QED) is 0.737. The first-order valence-electron chi connectivity index (χ1n) is 7.24. The predicted octanol–water partition coefficient (Wildman–Crippen LogP) is 2.98. The lowest BCUT2D eigenvalue weighted by atomic mass is 10.2. The molecule has 0 saturated carbocycles.